The normalized spacial score (nSPS) is 14.3. The molecule has 0 N–H and O–H groups in total. The van der Waals surface area contributed by atoms with E-state index in [0.717, 1.165) is 17.8 Å². The van der Waals surface area contributed by atoms with Gasteiger partial charge in [0.1, 0.15) is 0 Å². The summed E-state index contributed by atoms with van der Waals surface area (Å²) in [5.41, 5.74) is 7.30. The Bertz CT molecular complexity index is 588. The Morgan fingerprint density at radius 2 is 1.89 bits per heavy atom. The van der Waals surface area contributed by atoms with Crippen molar-refractivity contribution in [3.63, 3.8) is 0 Å². The molecule has 0 aromatic carbocycles. The lowest BCUT2D eigenvalue weighted by Gasteiger charge is -2.16. The highest BCUT2D eigenvalue weighted by molar-refractivity contribution is 5.63. The predicted molar refractivity (Wildman–Crippen MR) is 73.6 cm³/mol. The molecule has 0 saturated carbocycles. The minimum Gasteiger partial charge on any atom is -0.261 e. The third-order valence-corrected chi connectivity index (χ3v) is 3.69. The van der Waals surface area contributed by atoms with E-state index in [1.807, 2.05) is 13.1 Å². The van der Waals surface area contributed by atoms with Crippen molar-refractivity contribution in [2.24, 2.45) is 0 Å². The third kappa shape index (κ3) is 2.03. The van der Waals surface area contributed by atoms with Gasteiger partial charge in [0.05, 0.1) is 5.69 Å². The van der Waals surface area contributed by atoms with Gasteiger partial charge in [-0.05, 0) is 62.8 Å². The van der Waals surface area contributed by atoms with Crippen molar-refractivity contribution in [3.05, 3.63) is 46.9 Å². The molecule has 2 aromatic rings. The second-order valence-electron chi connectivity index (χ2n) is 5.15. The van der Waals surface area contributed by atoms with Crippen molar-refractivity contribution in [1.29, 1.82) is 0 Å². The number of aryl methyl sites for hydroxylation is 4. The number of aromatic nitrogens is 2. The van der Waals surface area contributed by atoms with E-state index in [4.69, 9.17) is 4.98 Å². The molecule has 18 heavy (non-hydrogen) atoms. The minimum atomic E-state index is 1.05. The van der Waals surface area contributed by atoms with E-state index in [-0.39, 0.29) is 0 Å². The molecule has 2 heteroatoms. The van der Waals surface area contributed by atoms with Crippen LogP contribution in [-0.2, 0) is 12.8 Å². The van der Waals surface area contributed by atoms with Crippen LogP contribution in [0.1, 0.15) is 35.4 Å². The molecule has 0 aliphatic heterocycles. The maximum Gasteiger partial charge on any atom is 0.0709 e. The van der Waals surface area contributed by atoms with Crippen LogP contribution < -0.4 is 0 Å². The van der Waals surface area contributed by atoms with Gasteiger partial charge in [-0.25, -0.2) is 0 Å². The van der Waals surface area contributed by atoms with Gasteiger partial charge in [0.25, 0.3) is 0 Å². The highest BCUT2D eigenvalue weighted by Crippen LogP contribution is 2.26. The van der Waals surface area contributed by atoms with Gasteiger partial charge in [-0.1, -0.05) is 6.07 Å². The standard InChI is InChI=1S/C16H18N2/c1-11-10-17-12(2)9-14(11)16-8-7-13-5-3-4-6-15(13)18-16/h7-10H,3-6H2,1-2H3. The summed E-state index contributed by atoms with van der Waals surface area (Å²) >= 11 is 0. The van der Waals surface area contributed by atoms with Crippen molar-refractivity contribution in [3.8, 4) is 11.3 Å². The maximum atomic E-state index is 4.86. The van der Waals surface area contributed by atoms with Crippen LogP contribution in [0.2, 0.25) is 0 Å². The molecule has 2 aromatic heterocycles. The van der Waals surface area contributed by atoms with Crippen molar-refractivity contribution in [1.82, 2.24) is 9.97 Å². The summed E-state index contributed by atoms with van der Waals surface area (Å²) in [6.07, 6.45) is 6.84. The topological polar surface area (TPSA) is 25.8 Å². The molecule has 2 nitrogen and oxygen atoms in total. The summed E-state index contributed by atoms with van der Waals surface area (Å²) in [4.78, 5) is 9.18. The first-order valence-electron chi connectivity index (χ1n) is 6.66. The molecule has 0 amide bonds. The van der Waals surface area contributed by atoms with Crippen LogP contribution in [0.5, 0.6) is 0 Å². The monoisotopic (exact) mass is 238 g/mol. The molecule has 1 aliphatic rings. The lowest BCUT2D eigenvalue weighted by molar-refractivity contribution is 0.668. The van der Waals surface area contributed by atoms with E-state index in [9.17, 15) is 0 Å². The summed E-state index contributed by atoms with van der Waals surface area (Å²) in [5.74, 6) is 0. The first-order valence-corrected chi connectivity index (χ1v) is 6.66. The smallest absolute Gasteiger partial charge is 0.0709 e. The second-order valence-corrected chi connectivity index (χ2v) is 5.15. The average Bonchev–Trinajstić information content (AvgIpc) is 2.41. The van der Waals surface area contributed by atoms with E-state index < -0.39 is 0 Å². The fourth-order valence-electron chi connectivity index (χ4n) is 2.64. The fraction of sp³-hybridized carbons (Fsp3) is 0.375. The highest BCUT2D eigenvalue weighted by atomic mass is 14.7. The number of pyridine rings is 2. The zero-order chi connectivity index (χ0) is 12.5. The maximum absolute atomic E-state index is 4.86. The van der Waals surface area contributed by atoms with Gasteiger partial charge < -0.3 is 0 Å². The van der Waals surface area contributed by atoms with Gasteiger partial charge in [0.2, 0.25) is 0 Å². The molecule has 0 fully saturated rings. The zero-order valence-electron chi connectivity index (χ0n) is 11.0. The molecule has 92 valence electrons. The van der Waals surface area contributed by atoms with Crippen LogP contribution in [0.15, 0.2) is 24.4 Å². The van der Waals surface area contributed by atoms with E-state index in [1.165, 1.54) is 41.6 Å². The van der Waals surface area contributed by atoms with Crippen LogP contribution in [0.3, 0.4) is 0 Å². The molecular formula is C16H18N2. The summed E-state index contributed by atoms with van der Waals surface area (Å²) in [5, 5.41) is 0. The minimum absolute atomic E-state index is 1.05. The molecule has 0 radical (unpaired) electrons. The lowest BCUT2D eigenvalue weighted by Crippen LogP contribution is -2.06. The van der Waals surface area contributed by atoms with E-state index in [0.29, 0.717) is 0 Å². The van der Waals surface area contributed by atoms with Crippen LogP contribution in [-0.4, -0.2) is 9.97 Å². The van der Waals surface area contributed by atoms with Gasteiger partial charge in [0, 0.05) is 23.1 Å². The number of hydrogen-bond donors (Lipinski definition) is 0. The molecule has 0 unspecified atom stereocenters. The third-order valence-electron chi connectivity index (χ3n) is 3.69. The quantitative estimate of drug-likeness (QED) is 0.758. The summed E-state index contributed by atoms with van der Waals surface area (Å²) in [7, 11) is 0. The Balaban J connectivity index is 2.09. The second kappa shape index (κ2) is 4.52. The molecule has 0 saturated heterocycles. The summed E-state index contributed by atoms with van der Waals surface area (Å²) in [6, 6.07) is 6.55. The number of rotatable bonds is 1. The molecule has 0 atom stereocenters. The fourth-order valence-corrected chi connectivity index (χ4v) is 2.64. The van der Waals surface area contributed by atoms with Crippen molar-refractivity contribution in [2.75, 3.05) is 0 Å². The van der Waals surface area contributed by atoms with E-state index in [1.54, 1.807) is 0 Å². The molecule has 1 aliphatic carbocycles. The summed E-state index contributed by atoms with van der Waals surface area (Å²) < 4.78 is 0. The Labute approximate surface area is 108 Å². The average molecular weight is 238 g/mol. The molecule has 3 rings (SSSR count). The van der Waals surface area contributed by atoms with Crippen LogP contribution in [0.25, 0.3) is 11.3 Å². The van der Waals surface area contributed by atoms with Gasteiger partial charge in [0.15, 0.2) is 0 Å². The van der Waals surface area contributed by atoms with Crippen LogP contribution in [0, 0.1) is 13.8 Å². The highest BCUT2D eigenvalue weighted by Gasteiger charge is 2.12. The van der Waals surface area contributed by atoms with E-state index >= 15 is 0 Å². The van der Waals surface area contributed by atoms with Crippen LogP contribution in [0.4, 0.5) is 0 Å². The molecular weight excluding hydrogens is 220 g/mol. The number of hydrogen-bond acceptors (Lipinski definition) is 2. The Kier molecular flexibility index (Phi) is 2.86. The SMILES string of the molecule is Cc1cc(-c2ccc3c(n2)CCCC3)c(C)cn1. The van der Waals surface area contributed by atoms with Gasteiger partial charge in [-0.15, -0.1) is 0 Å². The van der Waals surface area contributed by atoms with Crippen molar-refractivity contribution < 1.29 is 0 Å². The number of nitrogens with zero attached hydrogens (tertiary/aromatic N) is 2. The molecule has 2 heterocycles. The molecule has 0 spiro atoms. The Hall–Kier alpha value is -1.70. The van der Waals surface area contributed by atoms with Gasteiger partial charge in [-0.3, -0.25) is 9.97 Å². The number of fused-ring (bicyclic) bond motifs is 1. The lowest BCUT2D eigenvalue weighted by atomic mass is 9.95. The van der Waals surface area contributed by atoms with Gasteiger partial charge in [-0.2, -0.15) is 0 Å². The van der Waals surface area contributed by atoms with Crippen molar-refractivity contribution in [2.45, 2.75) is 39.5 Å². The first-order chi connectivity index (χ1) is 8.74. The summed E-state index contributed by atoms with van der Waals surface area (Å²) in [6.45, 7) is 4.13. The predicted octanol–water partition coefficient (Wildman–Crippen LogP) is 3.64. The largest absolute Gasteiger partial charge is 0.261 e. The first kappa shape index (κ1) is 11.4. The molecule has 0 bridgehead atoms. The van der Waals surface area contributed by atoms with Crippen LogP contribution >= 0.6 is 0 Å². The van der Waals surface area contributed by atoms with Crippen molar-refractivity contribution >= 4 is 0 Å². The van der Waals surface area contributed by atoms with Gasteiger partial charge >= 0.3 is 0 Å². The zero-order valence-corrected chi connectivity index (χ0v) is 11.0. The Morgan fingerprint density at radius 1 is 1.06 bits per heavy atom. The van der Waals surface area contributed by atoms with E-state index in [2.05, 4.69) is 30.1 Å². The Morgan fingerprint density at radius 3 is 2.78 bits per heavy atom.